The Morgan fingerprint density at radius 2 is 0.870 bits per heavy atom. The van der Waals surface area contributed by atoms with Gasteiger partial charge in [-0.2, -0.15) is 0 Å². The number of carbonyl (C=O) groups is 2. The normalized spacial score (nSPS) is 12.2. The Labute approximate surface area is 288 Å². The average Bonchev–Trinajstić information content (AvgIpc) is 3.03. The lowest BCUT2D eigenvalue weighted by Gasteiger charge is -2.21. The molecule has 46 heavy (non-hydrogen) atoms. The number of ether oxygens (including phenoxy) is 2. The lowest BCUT2D eigenvalue weighted by Crippen LogP contribution is -2.28. The number of rotatable bonds is 36. The van der Waals surface area contributed by atoms with Gasteiger partial charge in [0.05, 0.1) is 5.92 Å². The molecule has 0 amide bonds. The summed E-state index contributed by atoms with van der Waals surface area (Å²) in [6.45, 7) is 7.86. The van der Waals surface area contributed by atoms with E-state index >= 15 is 0 Å². The van der Waals surface area contributed by atoms with Gasteiger partial charge in [0.15, 0.2) is 0 Å². The van der Waals surface area contributed by atoms with Crippen LogP contribution in [0.3, 0.4) is 0 Å². The van der Waals surface area contributed by atoms with E-state index in [9.17, 15) is 9.59 Å². The average molecular weight is 652 g/mol. The molecule has 0 fully saturated rings. The van der Waals surface area contributed by atoms with E-state index < -0.39 is 0 Å². The second kappa shape index (κ2) is 35.2. The van der Waals surface area contributed by atoms with Gasteiger partial charge in [-0.3, -0.25) is 9.59 Å². The van der Waals surface area contributed by atoms with Crippen LogP contribution in [0.5, 0.6) is 0 Å². The highest BCUT2D eigenvalue weighted by atomic mass is 16.6. The Bertz CT molecular complexity index is 634. The smallest absolute Gasteiger partial charge is 0.309 e. The molecule has 5 nitrogen and oxygen atoms in total. The lowest BCUT2D eigenvalue weighted by atomic mass is 9.94. The van der Waals surface area contributed by atoms with Crippen LogP contribution in [0.25, 0.3) is 0 Å². The van der Waals surface area contributed by atoms with E-state index in [0.29, 0.717) is 6.42 Å². The molecule has 1 unspecified atom stereocenters. The largest absolute Gasteiger partial charge is 0.462 e. The topological polar surface area (TPSA) is 55.8 Å². The van der Waals surface area contributed by atoms with E-state index in [1.807, 2.05) is 14.1 Å². The van der Waals surface area contributed by atoms with Crippen LogP contribution in [-0.2, 0) is 19.1 Å². The van der Waals surface area contributed by atoms with Gasteiger partial charge in [-0.05, 0) is 52.7 Å². The number of hydrogen-bond acceptors (Lipinski definition) is 5. The minimum absolute atomic E-state index is 0.0234. The molecular formula is C41H81NO4. The second-order valence-electron chi connectivity index (χ2n) is 14.5. The van der Waals surface area contributed by atoms with Gasteiger partial charge in [0.1, 0.15) is 12.7 Å². The van der Waals surface area contributed by atoms with E-state index in [4.69, 9.17) is 9.47 Å². The molecule has 0 heterocycles. The predicted octanol–water partition coefficient (Wildman–Crippen LogP) is 12.4. The fraction of sp³-hybridized carbons (Fsp3) is 0.951. The standard InChI is InChI=1S/C41H81NO4/c1-6-9-12-15-18-19-20-21-24-27-30-34-39(46-40(43)35-31-36-42(4)5)37-45-41(44)38(32-28-25-22-16-13-10-7-2)33-29-26-23-17-14-11-8-3/h38-39H,6-37H2,1-5H3. The molecule has 0 aliphatic rings. The fourth-order valence-corrected chi connectivity index (χ4v) is 6.37. The van der Waals surface area contributed by atoms with Crippen molar-refractivity contribution in [3.05, 3.63) is 0 Å². The highest BCUT2D eigenvalue weighted by Crippen LogP contribution is 2.22. The minimum Gasteiger partial charge on any atom is -0.462 e. The van der Waals surface area contributed by atoms with E-state index in [0.717, 1.165) is 57.9 Å². The van der Waals surface area contributed by atoms with Crippen LogP contribution in [0.1, 0.15) is 213 Å². The van der Waals surface area contributed by atoms with E-state index in [1.54, 1.807) is 0 Å². The van der Waals surface area contributed by atoms with Crippen molar-refractivity contribution in [1.82, 2.24) is 4.90 Å². The van der Waals surface area contributed by atoms with Crippen molar-refractivity contribution >= 4 is 11.9 Å². The maximum absolute atomic E-state index is 13.4. The summed E-state index contributed by atoms with van der Waals surface area (Å²) in [6, 6.07) is 0. The quantitative estimate of drug-likeness (QED) is 0.0498. The first-order valence-corrected chi connectivity index (χ1v) is 20.4. The van der Waals surface area contributed by atoms with Gasteiger partial charge >= 0.3 is 11.9 Å². The fourth-order valence-electron chi connectivity index (χ4n) is 6.37. The van der Waals surface area contributed by atoms with Gasteiger partial charge in [-0.25, -0.2) is 0 Å². The maximum Gasteiger partial charge on any atom is 0.309 e. The minimum atomic E-state index is -0.327. The number of unbranched alkanes of at least 4 members (excludes halogenated alkanes) is 22. The molecule has 0 rings (SSSR count). The van der Waals surface area contributed by atoms with Gasteiger partial charge in [-0.1, -0.05) is 175 Å². The Hall–Kier alpha value is -1.10. The zero-order valence-electron chi connectivity index (χ0n) is 31.9. The van der Waals surface area contributed by atoms with Gasteiger partial charge in [0.2, 0.25) is 0 Å². The summed E-state index contributed by atoms with van der Waals surface area (Å²) in [5.41, 5.74) is 0. The Morgan fingerprint density at radius 1 is 0.500 bits per heavy atom. The van der Waals surface area contributed by atoms with Crippen molar-refractivity contribution in [3.8, 4) is 0 Å². The molecule has 0 aromatic heterocycles. The van der Waals surface area contributed by atoms with E-state index in [2.05, 4.69) is 25.7 Å². The molecule has 0 aliphatic carbocycles. The Morgan fingerprint density at radius 3 is 1.26 bits per heavy atom. The Balaban J connectivity index is 4.80. The van der Waals surface area contributed by atoms with Gasteiger partial charge in [0, 0.05) is 6.42 Å². The molecule has 0 aromatic rings. The lowest BCUT2D eigenvalue weighted by molar-refractivity contribution is -0.162. The van der Waals surface area contributed by atoms with Gasteiger partial charge in [-0.15, -0.1) is 0 Å². The Kier molecular flexibility index (Phi) is 34.4. The first kappa shape index (κ1) is 44.9. The molecule has 0 saturated heterocycles. The zero-order valence-corrected chi connectivity index (χ0v) is 31.9. The van der Waals surface area contributed by atoms with Crippen molar-refractivity contribution in [2.75, 3.05) is 27.2 Å². The predicted molar refractivity (Wildman–Crippen MR) is 198 cm³/mol. The highest BCUT2D eigenvalue weighted by Gasteiger charge is 2.23. The summed E-state index contributed by atoms with van der Waals surface area (Å²) < 4.78 is 11.9. The number of hydrogen-bond donors (Lipinski definition) is 0. The second-order valence-corrected chi connectivity index (χ2v) is 14.5. The SMILES string of the molecule is CCCCCCCCCCCCCC(COC(=O)C(CCCCCCCCC)CCCCCCCCC)OC(=O)CCCN(C)C. The zero-order chi connectivity index (χ0) is 33.9. The van der Waals surface area contributed by atoms with Crippen molar-refractivity contribution in [3.63, 3.8) is 0 Å². The van der Waals surface area contributed by atoms with Crippen molar-refractivity contribution in [2.24, 2.45) is 5.92 Å². The van der Waals surface area contributed by atoms with Crippen LogP contribution in [0.4, 0.5) is 0 Å². The summed E-state index contributed by atoms with van der Waals surface area (Å²) in [4.78, 5) is 28.1. The van der Waals surface area contributed by atoms with Crippen molar-refractivity contribution < 1.29 is 19.1 Å². The molecule has 1 atom stereocenters. The summed E-state index contributed by atoms with van der Waals surface area (Å²) in [5, 5.41) is 0. The molecule has 5 heteroatoms. The molecule has 0 radical (unpaired) electrons. The molecule has 0 spiro atoms. The van der Waals surface area contributed by atoms with Crippen molar-refractivity contribution in [1.29, 1.82) is 0 Å². The summed E-state index contributed by atoms with van der Waals surface area (Å²) in [7, 11) is 4.05. The molecular weight excluding hydrogens is 570 g/mol. The van der Waals surface area contributed by atoms with Crippen molar-refractivity contribution in [2.45, 2.75) is 219 Å². The molecule has 274 valence electrons. The van der Waals surface area contributed by atoms with Gasteiger partial charge < -0.3 is 14.4 Å². The third-order valence-electron chi connectivity index (χ3n) is 9.47. The first-order chi connectivity index (χ1) is 22.4. The highest BCUT2D eigenvalue weighted by molar-refractivity contribution is 5.72. The van der Waals surface area contributed by atoms with E-state index in [1.165, 1.54) is 135 Å². The number of carbonyl (C=O) groups excluding carboxylic acids is 2. The van der Waals surface area contributed by atoms with Crippen LogP contribution in [0, 0.1) is 5.92 Å². The van der Waals surface area contributed by atoms with Crippen LogP contribution < -0.4 is 0 Å². The van der Waals surface area contributed by atoms with Crippen LogP contribution in [0.2, 0.25) is 0 Å². The van der Waals surface area contributed by atoms with Crippen LogP contribution in [-0.4, -0.2) is 50.2 Å². The first-order valence-electron chi connectivity index (χ1n) is 20.4. The monoisotopic (exact) mass is 652 g/mol. The maximum atomic E-state index is 13.4. The van der Waals surface area contributed by atoms with Crippen LogP contribution in [0.15, 0.2) is 0 Å². The number of esters is 2. The summed E-state index contributed by atoms with van der Waals surface area (Å²) in [6.07, 6.45) is 35.3. The molecule has 0 N–H and O–H groups in total. The molecule has 0 saturated carbocycles. The summed E-state index contributed by atoms with van der Waals surface area (Å²) >= 11 is 0. The molecule has 0 aromatic carbocycles. The third-order valence-corrected chi connectivity index (χ3v) is 9.47. The van der Waals surface area contributed by atoms with Gasteiger partial charge in [0.25, 0.3) is 0 Å². The van der Waals surface area contributed by atoms with E-state index in [-0.39, 0.29) is 30.6 Å². The molecule has 0 bridgehead atoms. The van der Waals surface area contributed by atoms with Crippen LogP contribution >= 0.6 is 0 Å². The summed E-state index contributed by atoms with van der Waals surface area (Å²) in [5.74, 6) is -0.247. The number of nitrogens with zero attached hydrogens (tertiary/aromatic N) is 1. The third kappa shape index (κ3) is 31.5. The molecule has 0 aliphatic heterocycles.